The highest BCUT2D eigenvalue weighted by atomic mass is 32.2. The Hall–Kier alpha value is -0.680. The molecule has 106 valence electrons. The molecule has 1 aromatic rings. The molecule has 1 aromatic heterocycles. The summed E-state index contributed by atoms with van der Waals surface area (Å²) in [6, 6.07) is 3.67. The van der Waals surface area contributed by atoms with Gasteiger partial charge in [0.05, 0.1) is 5.03 Å². The summed E-state index contributed by atoms with van der Waals surface area (Å²) in [4.78, 5) is 18.3. The highest BCUT2D eigenvalue weighted by molar-refractivity contribution is 8.00. The minimum Gasteiger partial charge on any atom is -0.341 e. The van der Waals surface area contributed by atoms with E-state index in [0.717, 1.165) is 17.3 Å². The zero-order chi connectivity index (χ0) is 14.5. The van der Waals surface area contributed by atoms with Gasteiger partial charge in [0, 0.05) is 35.9 Å². The molecule has 0 aliphatic rings. The van der Waals surface area contributed by atoms with E-state index in [-0.39, 0.29) is 10.7 Å². The maximum absolute atomic E-state index is 12.2. The normalized spacial score (nSPS) is 11.4. The molecule has 1 rings (SSSR count). The van der Waals surface area contributed by atoms with Gasteiger partial charge in [-0.25, -0.2) is 4.98 Å². The molecule has 0 bridgehead atoms. The van der Waals surface area contributed by atoms with Crippen molar-refractivity contribution in [3.63, 3.8) is 0 Å². The van der Waals surface area contributed by atoms with Crippen LogP contribution in [0.2, 0.25) is 0 Å². The van der Waals surface area contributed by atoms with E-state index in [2.05, 4.69) is 25.8 Å². The molecule has 0 unspecified atom stereocenters. The molecule has 0 radical (unpaired) electrons. The molecular weight excluding hydrogens is 276 g/mol. The lowest BCUT2D eigenvalue weighted by atomic mass is 10.2. The summed E-state index contributed by atoms with van der Waals surface area (Å²) < 4.78 is 0.0967. The average Bonchev–Trinajstić information content (AvgIpc) is 2.33. The Kier molecular flexibility index (Phi) is 6.20. The van der Waals surface area contributed by atoms with E-state index in [4.69, 9.17) is 0 Å². The van der Waals surface area contributed by atoms with Crippen LogP contribution in [0.15, 0.2) is 23.4 Å². The molecule has 0 N–H and O–H groups in total. The van der Waals surface area contributed by atoms with Crippen molar-refractivity contribution in [3.05, 3.63) is 23.9 Å². The Labute approximate surface area is 124 Å². The Morgan fingerprint density at radius 1 is 1.42 bits per heavy atom. The maximum atomic E-state index is 12.2. The van der Waals surface area contributed by atoms with Crippen LogP contribution in [0.3, 0.4) is 0 Å². The molecule has 0 aliphatic heterocycles. The smallest absolute Gasteiger partial charge is 0.253 e. The van der Waals surface area contributed by atoms with Crippen molar-refractivity contribution in [2.45, 2.75) is 30.5 Å². The lowest BCUT2D eigenvalue weighted by Gasteiger charge is -2.19. The fourth-order valence-corrected chi connectivity index (χ4v) is 2.85. The summed E-state index contributed by atoms with van der Waals surface area (Å²) in [5.41, 5.74) is 0.713. The molecule has 0 fully saturated rings. The predicted octanol–water partition coefficient (Wildman–Crippen LogP) is 3.41. The van der Waals surface area contributed by atoms with Gasteiger partial charge in [0.1, 0.15) is 0 Å². The van der Waals surface area contributed by atoms with Gasteiger partial charge in [-0.3, -0.25) is 4.79 Å². The summed E-state index contributed by atoms with van der Waals surface area (Å²) in [5, 5.41) is 0.900. The summed E-state index contributed by atoms with van der Waals surface area (Å²) in [6.45, 7) is 7.18. The number of aromatic nitrogens is 1. The van der Waals surface area contributed by atoms with Crippen molar-refractivity contribution in [1.82, 2.24) is 9.88 Å². The fraction of sp³-hybridized carbons (Fsp3) is 0.571. The standard InChI is InChI=1S/C14H22N2OS2/c1-14(2,3)19-12-10-11(6-7-15-12)13(17)16(4)8-9-18-5/h6-7,10H,8-9H2,1-5H3. The van der Waals surface area contributed by atoms with E-state index in [1.165, 1.54) is 0 Å². The van der Waals surface area contributed by atoms with Crippen molar-refractivity contribution in [3.8, 4) is 0 Å². The number of carbonyl (C=O) groups is 1. The Morgan fingerprint density at radius 3 is 2.68 bits per heavy atom. The molecular formula is C14H22N2OS2. The van der Waals surface area contributed by atoms with Crippen molar-refractivity contribution >= 4 is 29.4 Å². The van der Waals surface area contributed by atoms with Crippen LogP contribution in [-0.2, 0) is 0 Å². The van der Waals surface area contributed by atoms with Gasteiger partial charge >= 0.3 is 0 Å². The van der Waals surface area contributed by atoms with E-state index >= 15 is 0 Å². The average molecular weight is 298 g/mol. The first-order valence-electron chi connectivity index (χ1n) is 6.23. The Balaban J connectivity index is 2.78. The van der Waals surface area contributed by atoms with Crippen molar-refractivity contribution in [2.75, 3.05) is 25.6 Å². The second kappa shape index (κ2) is 7.20. The van der Waals surface area contributed by atoms with Crippen LogP contribution in [0.1, 0.15) is 31.1 Å². The first-order valence-corrected chi connectivity index (χ1v) is 8.44. The number of thioether (sulfide) groups is 2. The third kappa shape index (κ3) is 5.87. The lowest BCUT2D eigenvalue weighted by molar-refractivity contribution is 0.0803. The van der Waals surface area contributed by atoms with Crippen LogP contribution < -0.4 is 0 Å². The highest BCUT2D eigenvalue weighted by Crippen LogP contribution is 2.30. The molecule has 0 aliphatic carbocycles. The van der Waals surface area contributed by atoms with Gasteiger partial charge in [-0.2, -0.15) is 11.8 Å². The summed E-state index contributed by atoms with van der Waals surface area (Å²) in [7, 11) is 1.84. The number of amides is 1. The zero-order valence-corrected chi connectivity index (χ0v) is 13.9. The fourth-order valence-electron chi connectivity index (χ4n) is 1.46. The highest BCUT2D eigenvalue weighted by Gasteiger charge is 2.16. The third-order valence-corrected chi connectivity index (χ3v) is 4.01. The monoisotopic (exact) mass is 298 g/mol. The molecule has 3 nitrogen and oxygen atoms in total. The van der Waals surface area contributed by atoms with E-state index in [0.29, 0.717) is 5.56 Å². The predicted molar refractivity (Wildman–Crippen MR) is 85.2 cm³/mol. The van der Waals surface area contributed by atoms with Crippen molar-refractivity contribution < 1.29 is 4.79 Å². The van der Waals surface area contributed by atoms with E-state index < -0.39 is 0 Å². The molecule has 1 heterocycles. The third-order valence-electron chi connectivity index (χ3n) is 2.37. The van der Waals surface area contributed by atoms with Crippen molar-refractivity contribution in [1.29, 1.82) is 0 Å². The SMILES string of the molecule is CSCCN(C)C(=O)c1ccnc(SC(C)(C)C)c1. The molecule has 0 saturated carbocycles. The Bertz CT molecular complexity index is 430. The van der Waals surface area contributed by atoms with Gasteiger partial charge in [0.2, 0.25) is 0 Å². The van der Waals surface area contributed by atoms with Gasteiger partial charge in [0.25, 0.3) is 5.91 Å². The van der Waals surface area contributed by atoms with E-state index in [9.17, 15) is 4.79 Å². The maximum Gasteiger partial charge on any atom is 0.253 e. The van der Waals surface area contributed by atoms with Gasteiger partial charge in [0.15, 0.2) is 0 Å². The zero-order valence-electron chi connectivity index (χ0n) is 12.3. The minimum absolute atomic E-state index is 0.0622. The van der Waals surface area contributed by atoms with Crippen LogP contribution in [0.5, 0.6) is 0 Å². The minimum atomic E-state index is 0.0622. The first-order chi connectivity index (χ1) is 8.83. The van der Waals surface area contributed by atoms with Crippen LogP contribution in [-0.4, -0.2) is 46.1 Å². The number of nitrogens with zero attached hydrogens (tertiary/aromatic N) is 2. The second-order valence-corrected chi connectivity index (χ2v) is 8.15. The van der Waals surface area contributed by atoms with Gasteiger partial charge in [-0.05, 0) is 18.4 Å². The molecule has 5 heteroatoms. The molecule has 0 spiro atoms. The number of hydrogen-bond acceptors (Lipinski definition) is 4. The number of rotatable bonds is 5. The summed E-state index contributed by atoms with van der Waals surface area (Å²) >= 11 is 3.42. The molecule has 19 heavy (non-hydrogen) atoms. The molecule has 0 atom stereocenters. The van der Waals surface area contributed by atoms with Crippen LogP contribution in [0.4, 0.5) is 0 Å². The first kappa shape index (κ1) is 16.4. The summed E-state index contributed by atoms with van der Waals surface area (Å²) in [5.74, 6) is 1.02. The molecule has 0 saturated heterocycles. The van der Waals surface area contributed by atoms with Crippen LogP contribution >= 0.6 is 23.5 Å². The van der Waals surface area contributed by atoms with Gasteiger partial charge in [-0.15, -0.1) is 11.8 Å². The molecule has 1 amide bonds. The number of pyridine rings is 1. The quantitative estimate of drug-likeness (QED) is 0.780. The molecule has 0 aromatic carbocycles. The van der Waals surface area contributed by atoms with Crippen molar-refractivity contribution in [2.24, 2.45) is 0 Å². The van der Waals surface area contributed by atoms with Crippen LogP contribution in [0.25, 0.3) is 0 Å². The number of carbonyl (C=O) groups excluding carboxylic acids is 1. The van der Waals surface area contributed by atoms with Gasteiger partial charge in [-0.1, -0.05) is 20.8 Å². The van der Waals surface area contributed by atoms with E-state index in [1.807, 2.05) is 19.4 Å². The lowest BCUT2D eigenvalue weighted by Crippen LogP contribution is -2.28. The van der Waals surface area contributed by atoms with E-state index in [1.54, 1.807) is 40.7 Å². The van der Waals surface area contributed by atoms with Crippen LogP contribution in [0, 0.1) is 0 Å². The number of hydrogen-bond donors (Lipinski definition) is 0. The Morgan fingerprint density at radius 2 is 2.11 bits per heavy atom. The largest absolute Gasteiger partial charge is 0.341 e. The van der Waals surface area contributed by atoms with Gasteiger partial charge < -0.3 is 4.90 Å². The second-order valence-electron chi connectivity index (χ2n) is 5.32. The topological polar surface area (TPSA) is 33.2 Å². The summed E-state index contributed by atoms with van der Waals surface area (Å²) in [6.07, 6.45) is 3.76.